The quantitative estimate of drug-likeness (QED) is 0.774. The zero-order valence-corrected chi connectivity index (χ0v) is 15.9. The van der Waals surface area contributed by atoms with Crippen LogP contribution in [-0.4, -0.2) is 22.1 Å². The summed E-state index contributed by atoms with van der Waals surface area (Å²) in [5, 5.41) is 0. The van der Waals surface area contributed by atoms with Crippen molar-refractivity contribution in [2.75, 3.05) is 13.7 Å². The fourth-order valence-corrected chi connectivity index (χ4v) is 3.95. The van der Waals surface area contributed by atoms with E-state index in [1.165, 1.54) is 0 Å². The molecule has 0 aliphatic heterocycles. The summed E-state index contributed by atoms with van der Waals surface area (Å²) in [4.78, 5) is 0.222. The highest BCUT2D eigenvalue weighted by atomic mass is 32.2. The number of rotatable bonds is 8. The molecule has 0 heterocycles. The fraction of sp³-hybridized carbons (Fsp3) is 0.368. The van der Waals surface area contributed by atoms with Gasteiger partial charge in [0.2, 0.25) is 10.0 Å². The number of hydrogen-bond donors (Lipinski definition) is 1. The molecule has 0 spiro atoms. The second-order valence-corrected chi connectivity index (χ2v) is 7.43. The van der Waals surface area contributed by atoms with E-state index in [1.54, 1.807) is 31.4 Å². The molecule has 0 saturated carbocycles. The van der Waals surface area contributed by atoms with Crippen LogP contribution in [0, 0.1) is 6.92 Å². The van der Waals surface area contributed by atoms with Gasteiger partial charge in [-0.25, -0.2) is 13.1 Å². The summed E-state index contributed by atoms with van der Waals surface area (Å²) in [6.07, 6.45) is 0.641. The molecule has 2 rings (SSSR count). The molecule has 0 radical (unpaired) electrons. The maximum Gasteiger partial charge on any atom is 0.241 e. The molecule has 1 atom stereocenters. The zero-order chi connectivity index (χ0) is 18.4. The Morgan fingerprint density at radius 3 is 2.28 bits per heavy atom. The minimum absolute atomic E-state index is 0.222. The molecule has 136 valence electrons. The predicted molar refractivity (Wildman–Crippen MR) is 98.7 cm³/mol. The molecule has 0 unspecified atom stereocenters. The van der Waals surface area contributed by atoms with E-state index in [4.69, 9.17) is 9.47 Å². The van der Waals surface area contributed by atoms with Crippen molar-refractivity contribution in [2.45, 2.75) is 38.1 Å². The van der Waals surface area contributed by atoms with Crippen molar-refractivity contribution >= 4 is 10.0 Å². The topological polar surface area (TPSA) is 64.6 Å². The summed E-state index contributed by atoms with van der Waals surface area (Å²) in [6, 6.07) is 11.8. The van der Waals surface area contributed by atoms with E-state index < -0.39 is 10.0 Å². The van der Waals surface area contributed by atoms with E-state index in [0.717, 1.165) is 16.9 Å². The molecule has 2 aromatic rings. The summed E-state index contributed by atoms with van der Waals surface area (Å²) in [5.41, 5.74) is 1.88. The molecule has 0 bridgehead atoms. The first kappa shape index (κ1) is 19.3. The molecule has 0 fully saturated rings. The first-order valence-corrected chi connectivity index (χ1v) is 9.79. The van der Waals surface area contributed by atoms with Gasteiger partial charge >= 0.3 is 0 Å². The van der Waals surface area contributed by atoms with Crippen LogP contribution in [-0.2, 0) is 10.0 Å². The first-order chi connectivity index (χ1) is 11.9. The molecule has 0 aromatic heterocycles. The third-order valence-electron chi connectivity index (χ3n) is 3.97. The molecule has 2 aromatic carbocycles. The molecule has 25 heavy (non-hydrogen) atoms. The van der Waals surface area contributed by atoms with Crippen LogP contribution >= 0.6 is 0 Å². The fourth-order valence-electron chi connectivity index (χ4n) is 2.64. The minimum atomic E-state index is -3.62. The van der Waals surface area contributed by atoms with Gasteiger partial charge in [0.15, 0.2) is 0 Å². The lowest BCUT2D eigenvalue weighted by Gasteiger charge is -2.19. The maximum atomic E-state index is 12.7. The standard InChI is InChI=1S/C19H25NO4S/c1-5-18(15-7-12-19(23-4)14(3)13-15)20-25(21,22)17-10-8-16(9-11-17)24-6-2/h7-13,18,20H,5-6H2,1-4H3/t18-/m1/s1. The largest absolute Gasteiger partial charge is 0.496 e. The lowest BCUT2D eigenvalue weighted by molar-refractivity contribution is 0.340. The Bertz CT molecular complexity index is 801. The molecule has 6 heteroatoms. The number of sulfonamides is 1. The lowest BCUT2D eigenvalue weighted by Crippen LogP contribution is -2.28. The SMILES string of the molecule is CCOc1ccc(S(=O)(=O)N[C@H](CC)c2ccc(OC)c(C)c2)cc1. The number of aryl methyl sites for hydroxylation is 1. The second kappa shape index (κ2) is 8.36. The predicted octanol–water partition coefficient (Wildman–Crippen LogP) is 3.83. The van der Waals surface area contributed by atoms with Crippen molar-refractivity contribution < 1.29 is 17.9 Å². The summed E-state index contributed by atoms with van der Waals surface area (Å²) in [5.74, 6) is 1.44. The highest BCUT2D eigenvalue weighted by molar-refractivity contribution is 7.89. The van der Waals surface area contributed by atoms with Gasteiger partial charge < -0.3 is 9.47 Å². The molecule has 0 amide bonds. The van der Waals surface area contributed by atoms with Gasteiger partial charge in [0.1, 0.15) is 11.5 Å². The molecular weight excluding hydrogens is 338 g/mol. The van der Waals surface area contributed by atoms with Crippen molar-refractivity contribution in [1.29, 1.82) is 0 Å². The van der Waals surface area contributed by atoms with Crippen molar-refractivity contribution in [3.05, 3.63) is 53.6 Å². The second-order valence-electron chi connectivity index (χ2n) is 5.72. The maximum absolute atomic E-state index is 12.7. The summed E-state index contributed by atoms with van der Waals surface area (Å²) >= 11 is 0. The van der Waals surface area contributed by atoms with Crippen LogP contribution in [0.15, 0.2) is 47.4 Å². The molecular formula is C19H25NO4S. The molecule has 1 N–H and O–H groups in total. The highest BCUT2D eigenvalue weighted by Crippen LogP contribution is 2.26. The van der Waals surface area contributed by atoms with E-state index in [0.29, 0.717) is 18.8 Å². The van der Waals surface area contributed by atoms with Crippen molar-refractivity contribution in [1.82, 2.24) is 4.72 Å². The number of hydrogen-bond acceptors (Lipinski definition) is 4. The average molecular weight is 363 g/mol. The van der Waals surface area contributed by atoms with Gasteiger partial charge in [-0.2, -0.15) is 0 Å². The summed E-state index contributed by atoms with van der Waals surface area (Å²) < 4.78 is 38.8. The van der Waals surface area contributed by atoms with Crippen molar-refractivity contribution in [2.24, 2.45) is 0 Å². The normalized spacial score (nSPS) is 12.6. The number of methoxy groups -OCH3 is 1. The van der Waals surface area contributed by atoms with Gasteiger partial charge in [0, 0.05) is 6.04 Å². The van der Waals surface area contributed by atoms with Crippen LogP contribution in [0.2, 0.25) is 0 Å². The third kappa shape index (κ3) is 4.74. The van der Waals surface area contributed by atoms with Gasteiger partial charge in [-0.05, 0) is 61.7 Å². The Labute approximate surface area is 150 Å². The smallest absolute Gasteiger partial charge is 0.241 e. The van der Waals surface area contributed by atoms with E-state index >= 15 is 0 Å². The van der Waals surface area contributed by atoms with E-state index in [-0.39, 0.29) is 10.9 Å². The van der Waals surface area contributed by atoms with Gasteiger partial charge in [0.25, 0.3) is 0 Å². The Balaban J connectivity index is 2.23. The minimum Gasteiger partial charge on any atom is -0.496 e. The Hall–Kier alpha value is -2.05. The highest BCUT2D eigenvalue weighted by Gasteiger charge is 2.21. The number of benzene rings is 2. The number of nitrogens with one attached hydrogen (secondary N) is 1. The first-order valence-electron chi connectivity index (χ1n) is 8.31. The van der Waals surface area contributed by atoms with Crippen LogP contribution in [0.5, 0.6) is 11.5 Å². The van der Waals surface area contributed by atoms with Crippen molar-refractivity contribution in [3.63, 3.8) is 0 Å². The monoisotopic (exact) mass is 363 g/mol. The van der Waals surface area contributed by atoms with Gasteiger partial charge in [-0.15, -0.1) is 0 Å². The van der Waals surface area contributed by atoms with Crippen LogP contribution in [0.3, 0.4) is 0 Å². The molecule has 0 aliphatic carbocycles. The Kier molecular flexibility index (Phi) is 6.45. The Morgan fingerprint density at radius 1 is 1.08 bits per heavy atom. The lowest BCUT2D eigenvalue weighted by atomic mass is 10.0. The van der Waals surface area contributed by atoms with Crippen LogP contribution in [0.1, 0.15) is 37.4 Å². The van der Waals surface area contributed by atoms with Gasteiger partial charge in [0.05, 0.1) is 18.6 Å². The van der Waals surface area contributed by atoms with Crippen LogP contribution < -0.4 is 14.2 Å². The van der Waals surface area contributed by atoms with E-state index in [9.17, 15) is 8.42 Å². The zero-order valence-electron chi connectivity index (χ0n) is 15.1. The summed E-state index contributed by atoms with van der Waals surface area (Å²) in [7, 11) is -2.00. The van der Waals surface area contributed by atoms with Crippen molar-refractivity contribution in [3.8, 4) is 11.5 Å². The molecule has 5 nitrogen and oxygen atoms in total. The van der Waals surface area contributed by atoms with Crippen LogP contribution in [0.4, 0.5) is 0 Å². The van der Waals surface area contributed by atoms with Crippen LogP contribution in [0.25, 0.3) is 0 Å². The third-order valence-corrected chi connectivity index (χ3v) is 5.46. The Morgan fingerprint density at radius 2 is 1.76 bits per heavy atom. The summed E-state index contributed by atoms with van der Waals surface area (Å²) in [6.45, 7) is 6.31. The average Bonchev–Trinajstić information content (AvgIpc) is 2.60. The molecule has 0 aliphatic rings. The van der Waals surface area contributed by atoms with E-state index in [1.807, 2.05) is 39.0 Å². The van der Waals surface area contributed by atoms with E-state index in [2.05, 4.69) is 4.72 Å². The van der Waals surface area contributed by atoms with Gasteiger partial charge in [-0.3, -0.25) is 0 Å². The van der Waals surface area contributed by atoms with Gasteiger partial charge in [-0.1, -0.05) is 19.1 Å². The number of ether oxygens (including phenoxy) is 2. The molecule has 0 saturated heterocycles.